The smallest absolute Gasteiger partial charge is 0.230 e. The molecule has 1 aliphatic heterocycles. The van der Waals surface area contributed by atoms with Gasteiger partial charge in [-0.3, -0.25) is 9.78 Å². The molecule has 0 fully saturated rings. The number of nitrogens with zero attached hydrogens (tertiary/aromatic N) is 5. The Morgan fingerprint density at radius 2 is 2.28 bits per heavy atom. The first-order valence-electron chi connectivity index (χ1n) is 8.75. The van der Waals surface area contributed by atoms with Crippen LogP contribution in [0, 0.1) is 0 Å². The van der Waals surface area contributed by atoms with E-state index in [9.17, 15) is 4.79 Å². The molecule has 1 atom stereocenters. The van der Waals surface area contributed by atoms with Gasteiger partial charge in [-0.15, -0.1) is 10.2 Å². The molecule has 3 heterocycles. The van der Waals surface area contributed by atoms with E-state index in [1.165, 1.54) is 0 Å². The van der Waals surface area contributed by atoms with Crippen molar-refractivity contribution in [1.29, 1.82) is 0 Å². The van der Waals surface area contributed by atoms with E-state index in [1.807, 2.05) is 18.4 Å². The third kappa shape index (κ3) is 4.19. The summed E-state index contributed by atoms with van der Waals surface area (Å²) in [5, 5.41) is 11.5. The first kappa shape index (κ1) is 17.5. The Balaban J connectivity index is 1.64. The fraction of sp³-hybridized carbons (Fsp3) is 0.588. The normalized spacial score (nSPS) is 16.7. The molecule has 0 saturated heterocycles. The van der Waals surface area contributed by atoms with Gasteiger partial charge in [-0.25, -0.2) is 4.98 Å². The van der Waals surface area contributed by atoms with Gasteiger partial charge in [0.15, 0.2) is 5.82 Å². The van der Waals surface area contributed by atoms with Crippen LogP contribution < -0.4 is 5.32 Å². The number of rotatable bonds is 7. The molecule has 0 radical (unpaired) electrons. The number of hydrogen-bond acceptors (Lipinski definition) is 6. The van der Waals surface area contributed by atoms with E-state index in [0.717, 1.165) is 25.8 Å². The summed E-state index contributed by atoms with van der Waals surface area (Å²) >= 11 is 0. The first-order valence-corrected chi connectivity index (χ1v) is 8.75. The Hall–Kier alpha value is -2.35. The topological polar surface area (TPSA) is 94.8 Å². The van der Waals surface area contributed by atoms with Crippen LogP contribution in [0.2, 0.25) is 0 Å². The van der Waals surface area contributed by atoms with Crippen LogP contribution in [0.4, 0.5) is 0 Å². The highest BCUT2D eigenvalue weighted by Gasteiger charge is 2.31. The van der Waals surface area contributed by atoms with Gasteiger partial charge in [0.25, 0.3) is 0 Å². The quantitative estimate of drug-likeness (QED) is 0.766. The largest absolute Gasteiger partial charge is 0.379 e. The second-order valence-corrected chi connectivity index (χ2v) is 6.38. The highest BCUT2D eigenvalue weighted by molar-refractivity contribution is 5.83. The SMILES string of the molecule is CC(C)OCCCNC(=O)C1CCCn2c(-c3cnccn3)nnc21. The van der Waals surface area contributed by atoms with E-state index in [-0.39, 0.29) is 17.9 Å². The van der Waals surface area contributed by atoms with Crippen molar-refractivity contribution in [3.63, 3.8) is 0 Å². The fourth-order valence-corrected chi connectivity index (χ4v) is 2.95. The third-order valence-corrected chi connectivity index (χ3v) is 4.15. The molecule has 1 amide bonds. The van der Waals surface area contributed by atoms with Gasteiger partial charge in [0.2, 0.25) is 5.91 Å². The van der Waals surface area contributed by atoms with Crippen LogP contribution in [0.1, 0.15) is 44.9 Å². The van der Waals surface area contributed by atoms with E-state index < -0.39 is 0 Å². The van der Waals surface area contributed by atoms with Crippen LogP contribution >= 0.6 is 0 Å². The molecule has 1 unspecified atom stereocenters. The van der Waals surface area contributed by atoms with Crippen molar-refractivity contribution in [2.45, 2.75) is 51.7 Å². The first-order chi connectivity index (χ1) is 12.2. The molecule has 8 nitrogen and oxygen atoms in total. The zero-order valence-corrected chi connectivity index (χ0v) is 14.7. The van der Waals surface area contributed by atoms with Gasteiger partial charge >= 0.3 is 0 Å². The monoisotopic (exact) mass is 344 g/mol. The van der Waals surface area contributed by atoms with E-state index in [0.29, 0.717) is 30.5 Å². The number of amides is 1. The lowest BCUT2D eigenvalue weighted by Crippen LogP contribution is -2.34. The number of ether oxygens (including phenoxy) is 1. The van der Waals surface area contributed by atoms with Crippen molar-refractivity contribution in [3.05, 3.63) is 24.4 Å². The number of carbonyl (C=O) groups is 1. The molecule has 25 heavy (non-hydrogen) atoms. The van der Waals surface area contributed by atoms with E-state index >= 15 is 0 Å². The molecule has 3 rings (SSSR count). The Kier molecular flexibility index (Phi) is 5.70. The molecule has 0 aromatic carbocycles. The van der Waals surface area contributed by atoms with E-state index in [1.54, 1.807) is 18.6 Å². The van der Waals surface area contributed by atoms with Gasteiger partial charge in [-0.1, -0.05) is 0 Å². The van der Waals surface area contributed by atoms with Gasteiger partial charge in [-0.05, 0) is 33.1 Å². The van der Waals surface area contributed by atoms with Crippen LogP contribution in [0.3, 0.4) is 0 Å². The average Bonchev–Trinajstić information content (AvgIpc) is 3.06. The molecule has 0 bridgehead atoms. The molecule has 1 aliphatic rings. The van der Waals surface area contributed by atoms with Crippen molar-refractivity contribution < 1.29 is 9.53 Å². The maximum Gasteiger partial charge on any atom is 0.230 e. The van der Waals surface area contributed by atoms with Crippen LogP contribution in [0.25, 0.3) is 11.5 Å². The summed E-state index contributed by atoms with van der Waals surface area (Å²) in [7, 11) is 0. The molecular formula is C17H24N6O2. The van der Waals surface area contributed by atoms with Gasteiger partial charge in [0.1, 0.15) is 11.5 Å². The Bertz CT molecular complexity index is 700. The second kappa shape index (κ2) is 8.15. The van der Waals surface area contributed by atoms with Crippen molar-refractivity contribution in [3.8, 4) is 11.5 Å². The summed E-state index contributed by atoms with van der Waals surface area (Å²) in [5.41, 5.74) is 0.674. The number of nitrogens with one attached hydrogen (secondary N) is 1. The van der Waals surface area contributed by atoms with Crippen molar-refractivity contribution in [2.24, 2.45) is 0 Å². The minimum Gasteiger partial charge on any atom is -0.379 e. The molecule has 0 saturated carbocycles. The average molecular weight is 344 g/mol. The number of carbonyl (C=O) groups excluding carboxylic acids is 1. The standard InChI is InChI=1S/C17H24N6O2/c1-12(2)25-10-4-6-20-17(24)13-5-3-9-23-15(13)21-22-16(23)14-11-18-7-8-19-14/h7-8,11-13H,3-6,9-10H2,1-2H3,(H,20,24). The number of aromatic nitrogens is 5. The van der Waals surface area contributed by atoms with Crippen LogP contribution in [-0.2, 0) is 16.1 Å². The summed E-state index contributed by atoms with van der Waals surface area (Å²) in [6.45, 7) is 6.05. The zero-order valence-electron chi connectivity index (χ0n) is 14.7. The maximum atomic E-state index is 12.5. The summed E-state index contributed by atoms with van der Waals surface area (Å²) < 4.78 is 7.47. The minimum atomic E-state index is -0.266. The van der Waals surface area contributed by atoms with Crippen LogP contribution in [-0.4, -0.2) is 49.9 Å². The molecule has 2 aromatic heterocycles. The molecule has 134 valence electrons. The highest BCUT2D eigenvalue weighted by Crippen LogP contribution is 2.29. The summed E-state index contributed by atoms with van der Waals surface area (Å²) in [4.78, 5) is 20.9. The molecule has 0 spiro atoms. The Labute approximate surface area is 147 Å². The molecule has 2 aromatic rings. The highest BCUT2D eigenvalue weighted by atomic mass is 16.5. The molecule has 8 heteroatoms. The van der Waals surface area contributed by atoms with E-state index in [2.05, 4.69) is 25.5 Å². The van der Waals surface area contributed by atoms with E-state index in [4.69, 9.17) is 4.74 Å². The van der Waals surface area contributed by atoms with Gasteiger partial charge < -0.3 is 14.6 Å². The van der Waals surface area contributed by atoms with Crippen molar-refractivity contribution in [2.75, 3.05) is 13.2 Å². The third-order valence-electron chi connectivity index (χ3n) is 4.15. The minimum absolute atomic E-state index is 0.00333. The second-order valence-electron chi connectivity index (χ2n) is 6.38. The summed E-state index contributed by atoms with van der Waals surface area (Å²) in [5.74, 6) is 1.12. The molecule has 0 aliphatic carbocycles. The van der Waals surface area contributed by atoms with Crippen LogP contribution in [0.15, 0.2) is 18.6 Å². The lowest BCUT2D eigenvalue weighted by molar-refractivity contribution is -0.123. The van der Waals surface area contributed by atoms with Crippen LogP contribution in [0.5, 0.6) is 0 Å². The van der Waals surface area contributed by atoms with Crippen molar-refractivity contribution >= 4 is 5.91 Å². The number of hydrogen-bond donors (Lipinski definition) is 1. The summed E-state index contributed by atoms with van der Waals surface area (Å²) in [6.07, 6.45) is 7.62. The lowest BCUT2D eigenvalue weighted by atomic mass is 9.97. The molecular weight excluding hydrogens is 320 g/mol. The zero-order chi connectivity index (χ0) is 17.6. The molecule has 1 N–H and O–H groups in total. The predicted molar refractivity (Wildman–Crippen MR) is 91.7 cm³/mol. The lowest BCUT2D eigenvalue weighted by Gasteiger charge is -2.22. The Morgan fingerprint density at radius 3 is 3.04 bits per heavy atom. The van der Waals surface area contributed by atoms with Crippen molar-refractivity contribution in [1.82, 2.24) is 30.0 Å². The fourth-order valence-electron chi connectivity index (χ4n) is 2.95. The Morgan fingerprint density at radius 1 is 1.40 bits per heavy atom. The van der Waals surface area contributed by atoms with Gasteiger partial charge in [0.05, 0.1) is 18.2 Å². The number of fused-ring (bicyclic) bond motifs is 1. The van der Waals surface area contributed by atoms with Gasteiger partial charge in [-0.2, -0.15) is 0 Å². The maximum absolute atomic E-state index is 12.5. The van der Waals surface area contributed by atoms with Gasteiger partial charge in [0, 0.05) is 32.1 Å². The predicted octanol–water partition coefficient (Wildman–Crippen LogP) is 1.54. The summed E-state index contributed by atoms with van der Waals surface area (Å²) in [6, 6.07) is 0.